The van der Waals surface area contributed by atoms with Gasteiger partial charge in [-0.1, -0.05) is 36.4 Å². The highest BCUT2D eigenvalue weighted by Gasteiger charge is 2.09. The Balaban J connectivity index is 1.74. The second kappa shape index (κ2) is 7.88. The standard InChI is InChI=1S/C23H20N4O/c1-16-14-22(25-21-15-18(28-2)11-12-19(16)21)26-27-23(17-8-4-3-5-9-17)20-10-6-7-13-24-20/h3-15H,1-2H3,(H,25,26)/b27-23+. The molecule has 2 heterocycles. The maximum absolute atomic E-state index is 5.32. The summed E-state index contributed by atoms with van der Waals surface area (Å²) in [5, 5.41) is 5.72. The summed E-state index contributed by atoms with van der Waals surface area (Å²) in [5.41, 5.74) is 7.61. The lowest BCUT2D eigenvalue weighted by molar-refractivity contribution is 0.415. The lowest BCUT2D eigenvalue weighted by atomic mass is 10.1. The van der Waals surface area contributed by atoms with Crippen molar-refractivity contribution in [1.82, 2.24) is 9.97 Å². The van der Waals surface area contributed by atoms with E-state index >= 15 is 0 Å². The fourth-order valence-corrected chi connectivity index (χ4v) is 3.05. The number of pyridine rings is 2. The molecule has 2 aromatic carbocycles. The Bertz CT molecular complexity index is 1080. The summed E-state index contributed by atoms with van der Waals surface area (Å²) in [5.74, 6) is 1.45. The number of aryl methyl sites for hydroxylation is 1. The molecule has 0 aliphatic carbocycles. The number of hydrazone groups is 1. The Labute approximate surface area is 163 Å². The van der Waals surface area contributed by atoms with Crippen LogP contribution in [0.3, 0.4) is 0 Å². The van der Waals surface area contributed by atoms with Crippen LogP contribution in [0.4, 0.5) is 5.82 Å². The highest BCUT2D eigenvalue weighted by atomic mass is 16.5. The number of nitrogens with one attached hydrogen (secondary N) is 1. The molecule has 5 heteroatoms. The van der Waals surface area contributed by atoms with Crippen LogP contribution in [0.25, 0.3) is 10.9 Å². The summed E-state index contributed by atoms with van der Waals surface area (Å²) in [6.45, 7) is 2.06. The number of aromatic nitrogens is 2. The molecule has 0 unspecified atom stereocenters. The molecule has 0 atom stereocenters. The van der Waals surface area contributed by atoms with Crippen LogP contribution in [0, 0.1) is 6.92 Å². The number of fused-ring (bicyclic) bond motifs is 1. The van der Waals surface area contributed by atoms with Crippen molar-refractivity contribution in [1.29, 1.82) is 0 Å². The van der Waals surface area contributed by atoms with Crippen LogP contribution in [0.15, 0.2) is 84.1 Å². The molecule has 0 radical (unpaired) electrons. The molecule has 0 aliphatic heterocycles. The van der Waals surface area contributed by atoms with Crippen LogP contribution < -0.4 is 10.2 Å². The molecular formula is C23H20N4O. The molecule has 138 valence electrons. The predicted octanol–water partition coefficient (Wildman–Crippen LogP) is 4.81. The summed E-state index contributed by atoms with van der Waals surface area (Å²) in [6, 6.07) is 23.6. The van der Waals surface area contributed by atoms with Crippen molar-refractivity contribution in [3.8, 4) is 5.75 Å². The fraction of sp³-hybridized carbons (Fsp3) is 0.0870. The summed E-state index contributed by atoms with van der Waals surface area (Å²) in [7, 11) is 1.65. The average Bonchev–Trinajstić information content (AvgIpc) is 2.75. The molecule has 0 spiro atoms. The molecule has 4 rings (SSSR count). The fourth-order valence-electron chi connectivity index (χ4n) is 3.05. The quantitative estimate of drug-likeness (QED) is 0.406. The third-order valence-corrected chi connectivity index (χ3v) is 4.46. The number of rotatable bonds is 5. The van der Waals surface area contributed by atoms with Gasteiger partial charge in [-0.2, -0.15) is 5.10 Å². The van der Waals surface area contributed by atoms with Crippen LogP contribution in [0.2, 0.25) is 0 Å². The molecule has 0 saturated carbocycles. The lowest BCUT2D eigenvalue weighted by Crippen LogP contribution is -2.09. The van der Waals surface area contributed by atoms with E-state index in [2.05, 4.69) is 27.4 Å². The van der Waals surface area contributed by atoms with Crippen LogP contribution in [-0.4, -0.2) is 22.8 Å². The first-order valence-corrected chi connectivity index (χ1v) is 9.00. The highest BCUT2D eigenvalue weighted by molar-refractivity contribution is 6.11. The van der Waals surface area contributed by atoms with E-state index < -0.39 is 0 Å². The van der Waals surface area contributed by atoms with Gasteiger partial charge in [0.2, 0.25) is 0 Å². The summed E-state index contributed by atoms with van der Waals surface area (Å²) >= 11 is 0. The van der Waals surface area contributed by atoms with Crippen molar-refractivity contribution < 1.29 is 4.74 Å². The van der Waals surface area contributed by atoms with Crippen molar-refractivity contribution in [3.63, 3.8) is 0 Å². The molecule has 0 aliphatic rings. The van der Waals surface area contributed by atoms with E-state index in [0.29, 0.717) is 5.82 Å². The number of benzene rings is 2. The van der Waals surface area contributed by atoms with E-state index in [4.69, 9.17) is 4.74 Å². The van der Waals surface area contributed by atoms with Gasteiger partial charge in [0.1, 0.15) is 17.3 Å². The number of nitrogens with zero attached hydrogens (tertiary/aromatic N) is 3. The van der Waals surface area contributed by atoms with Crippen molar-refractivity contribution in [2.24, 2.45) is 5.10 Å². The van der Waals surface area contributed by atoms with E-state index in [1.165, 1.54) is 0 Å². The third kappa shape index (κ3) is 3.69. The monoisotopic (exact) mass is 368 g/mol. The summed E-state index contributed by atoms with van der Waals surface area (Å²) in [6.07, 6.45) is 1.76. The first-order valence-electron chi connectivity index (χ1n) is 9.00. The van der Waals surface area contributed by atoms with E-state index in [1.54, 1.807) is 13.3 Å². The molecular weight excluding hydrogens is 348 g/mol. The van der Waals surface area contributed by atoms with Gasteiger partial charge in [-0.15, -0.1) is 0 Å². The molecule has 0 amide bonds. The number of anilines is 1. The number of methoxy groups -OCH3 is 1. The minimum Gasteiger partial charge on any atom is -0.497 e. The summed E-state index contributed by atoms with van der Waals surface area (Å²) in [4.78, 5) is 9.14. The Morgan fingerprint density at radius 2 is 1.79 bits per heavy atom. The van der Waals surface area contributed by atoms with Crippen molar-refractivity contribution in [2.45, 2.75) is 6.92 Å². The van der Waals surface area contributed by atoms with Gasteiger partial charge < -0.3 is 4.74 Å². The maximum Gasteiger partial charge on any atom is 0.147 e. The second-order valence-electron chi connectivity index (χ2n) is 6.36. The van der Waals surface area contributed by atoms with Gasteiger partial charge in [-0.3, -0.25) is 10.4 Å². The molecule has 5 nitrogen and oxygen atoms in total. The Morgan fingerprint density at radius 1 is 0.964 bits per heavy atom. The SMILES string of the molecule is COc1ccc2c(C)cc(N/N=C(\c3ccccc3)c3ccccn3)nc2c1. The molecule has 0 saturated heterocycles. The minimum atomic E-state index is 0.669. The lowest BCUT2D eigenvalue weighted by Gasteiger charge is -2.10. The van der Waals surface area contributed by atoms with Gasteiger partial charge >= 0.3 is 0 Å². The van der Waals surface area contributed by atoms with Crippen molar-refractivity contribution in [3.05, 3.63) is 95.8 Å². The highest BCUT2D eigenvalue weighted by Crippen LogP contribution is 2.24. The maximum atomic E-state index is 5.32. The topological polar surface area (TPSA) is 59.4 Å². The molecule has 28 heavy (non-hydrogen) atoms. The molecule has 0 bridgehead atoms. The van der Waals surface area contributed by atoms with Gasteiger partial charge in [0, 0.05) is 23.2 Å². The number of ether oxygens (including phenoxy) is 1. The van der Waals surface area contributed by atoms with Crippen molar-refractivity contribution >= 4 is 22.4 Å². The van der Waals surface area contributed by atoms with E-state index in [-0.39, 0.29) is 0 Å². The van der Waals surface area contributed by atoms with Crippen LogP contribution >= 0.6 is 0 Å². The Kier molecular flexibility index (Phi) is 4.97. The van der Waals surface area contributed by atoms with E-state index in [1.807, 2.05) is 72.8 Å². The van der Waals surface area contributed by atoms with Gasteiger partial charge in [-0.05, 0) is 42.8 Å². The van der Waals surface area contributed by atoms with Gasteiger partial charge in [-0.25, -0.2) is 4.98 Å². The molecule has 0 fully saturated rings. The Hall–Kier alpha value is -3.73. The predicted molar refractivity (Wildman–Crippen MR) is 113 cm³/mol. The largest absolute Gasteiger partial charge is 0.497 e. The third-order valence-electron chi connectivity index (χ3n) is 4.46. The zero-order valence-corrected chi connectivity index (χ0v) is 15.8. The summed E-state index contributed by atoms with van der Waals surface area (Å²) < 4.78 is 5.32. The smallest absolute Gasteiger partial charge is 0.147 e. The second-order valence-corrected chi connectivity index (χ2v) is 6.36. The average molecular weight is 368 g/mol. The molecule has 1 N–H and O–H groups in total. The van der Waals surface area contributed by atoms with Gasteiger partial charge in [0.25, 0.3) is 0 Å². The minimum absolute atomic E-state index is 0.669. The van der Waals surface area contributed by atoms with E-state index in [9.17, 15) is 0 Å². The zero-order chi connectivity index (χ0) is 19.3. The molecule has 2 aromatic heterocycles. The van der Waals surface area contributed by atoms with Crippen LogP contribution in [0.5, 0.6) is 5.75 Å². The number of hydrogen-bond acceptors (Lipinski definition) is 5. The first-order chi connectivity index (χ1) is 13.7. The number of hydrogen-bond donors (Lipinski definition) is 1. The normalized spacial score (nSPS) is 11.4. The zero-order valence-electron chi connectivity index (χ0n) is 15.8. The van der Waals surface area contributed by atoms with Crippen molar-refractivity contribution in [2.75, 3.05) is 12.5 Å². The van der Waals surface area contributed by atoms with Gasteiger partial charge in [0.05, 0.1) is 18.3 Å². The Morgan fingerprint density at radius 3 is 2.54 bits per heavy atom. The first kappa shape index (κ1) is 17.7. The van der Waals surface area contributed by atoms with Crippen LogP contribution in [-0.2, 0) is 0 Å². The molecule has 4 aromatic rings. The van der Waals surface area contributed by atoms with E-state index in [0.717, 1.165) is 39.2 Å². The van der Waals surface area contributed by atoms with Gasteiger partial charge in [0.15, 0.2) is 0 Å². The van der Waals surface area contributed by atoms with Crippen LogP contribution in [0.1, 0.15) is 16.8 Å².